The number of anilines is 1. The molecule has 1 rings (SSSR count). The maximum atomic E-state index is 12.1. The fraction of sp³-hybridized carbons (Fsp3) is 0.231. The van der Waals surface area contributed by atoms with Crippen LogP contribution in [0.15, 0.2) is 24.8 Å². The van der Waals surface area contributed by atoms with Gasteiger partial charge < -0.3 is 10.4 Å². The van der Waals surface area contributed by atoms with Gasteiger partial charge in [0, 0.05) is 17.3 Å². The molecule has 0 bridgehead atoms. The van der Waals surface area contributed by atoms with E-state index in [1.54, 1.807) is 6.08 Å². The molecule has 0 spiro atoms. The summed E-state index contributed by atoms with van der Waals surface area (Å²) in [4.78, 5) is 24.4. The van der Waals surface area contributed by atoms with Crippen molar-refractivity contribution >= 4 is 85.3 Å². The number of carboxylic acid groups (broad SMARTS) is 1. The second-order valence-electron chi connectivity index (χ2n) is 4.14. The van der Waals surface area contributed by atoms with Crippen molar-refractivity contribution in [2.45, 2.75) is 0 Å². The van der Waals surface area contributed by atoms with Crippen molar-refractivity contribution in [1.29, 1.82) is 0 Å². The van der Waals surface area contributed by atoms with E-state index < -0.39 is 5.97 Å². The summed E-state index contributed by atoms with van der Waals surface area (Å²) in [6.45, 7) is 3.73. The van der Waals surface area contributed by atoms with E-state index in [0.29, 0.717) is 6.54 Å². The number of aliphatic carboxylic acids is 1. The number of hydrogen-bond acceptors (Lipinski definition) is 3. The molecule has 0 fully saturated rings. The third-order valence-electron chi connectivity index (χ3n) is 2.38. The van der Waals surface area contributed by atoms with Crippen LogP contribution in [0, 0.1) is 10.7 Å². The molecule has 0 aromatic heterocycles. The van der Waals surface area contributed by atoms with E-state index in [9.17, 15) is 9.59 Å². The molecule has 0 saturated carbocycles. The first-order valence-corrected chi connectivity index (χ1v) is 9.06. The topological polar surface area (TPSA) is 69.6 Å². The van der Waals surface area contributed by atoms with E-state index in [-0.39, 0.29) is 19.0 Å². The van der Waals surface area contributed by atoms with Crippen LogP contribution in [-0.4, -0.2) is 41.5 Å². The smallest absolute Gasteiger partial charge is 0.317 e. The van der Waals surface area contributed by atoms with Crippen molar-refractivity contribution in [1.82, 2.24) is 4.90 Å². The van der Waals surface area contributed by atoms with Crippen molar-refractivity contribution in [2.75, 3.05) is 25.0 Å². The van der Waals surface area contributed by atoms with Crippen LogP contribution in [0.1, 0.15) is 0 Å². The second kappa shape index (κ2) is 9.25. The van der Waals surface area contributed by atoms with E-state index in [1.165, 1.54) is 4.90 Å². The molecule has 8 heteroatoms. The van der Waals surface area contributed by atoms with Gasteiger partial charge in [-0.3, -0.25) is 14.5 Å². The van der Waals surface area contributed by atoms with Crippen LogP contribution in [0.4, 0.5) is 5.69 Å². The highest BCUT2D eigenvalue weighted by atomic mass is 127. The summed E-state index contributed by atoms with van der Waals surface area (Å²) in [5, 5.41) is 11.7. The first kappa shape index (κ1) is 19.1. The predicted molar refractivity (Wildman–Crippen MR) is 107 cm³/mol. The lowest BCUT2D eigenvalue weighted by molar-refractivity contribution is -0.138. The molecule has 114 valence electrons. The van der Waals surface area contributed by atoms with E-state index in [4.69, 9.17) is 5.11 Å². The third-order valence-corrected chi connectivity index (χ3v) is 4.71. The summed E-state index contributed by atoms with van der Waals surface area (Å²) in [6, 6.07) is 3.94. The molecule has 21 heavy (non-hydrogen) atoms. The zero-order valence-electron chi connectivity index (χ0n) is 10.9. The average molecular weight is 626 g/mol. The van der Waals surface area contributed by atoms with Crippen LogP contribution in [0.5, 0.6) is 0 Å². The number of nitrogens with one attached hydrogen (secondary N) is 1. The molecule has 1 amide bonds. The van der Waals surface area contributed by atoms with Crippen molar-refractivity contribution in [3.8, 4) is 0 Å². The third kappa shape index (κ3) is 6.78. The molecule has 1 aromatic rings. The lowest BCUT2D eigenvalue weighted by atomic mass is 10.3. The highest BCUT2D eigenvalue weighted by Crippen LogP contribution is 2.27. The van der Waals surface area contributed by atoms with Gasteiger partial charge in [0.2, 0.25) is 5.91 Å². The largest absolute Gasteiger partial charge is 0.480 e. The Labute approximate surface area is 164 Å². The fourth-order valence-corrected chi connectivity index (χ4v) is 5.45. The molecular weight excluding hydrogens is 613 g/mol. The molecule has 0 saturated heterocycles. The quantitative estimate of drug-likeness (QED) is 0.361. The minimum Gasteiger partial charge on any atom is -0.480 e. The molecule has 0 heterocycles. The van der Waals surface area contributed by atoms with Gasteiger partial charge in [-0.05, 0) is 79.9 Å². The van der Waals surface area contributed by atoms with Crippen LogP contribution < -0.4 is 5.32 Å². The van der Waals surface area contributed by atoms with Crippen LogP contribution in [-0.2, 0) is 9.59 Å². The van der Waals surface area contributed by atoms with Gasteiger partial charge in [-0.1, -0.05) is 6.08 Å². The van der Waals surface area contributed by atoms with Gasteiger partial charge in [-0.2, -0.15) is 0 Å². The Morgan fingerprint density at radius 2 is 1.81 bits per heavy atom. The number of carboxylic acids is 1. The summed E-state index contributed by atoms with van der Waals surface area (Å²) in [5.74, 6) is -1.21. The highest BCUT2D eigenvalue weighted by molar-refractivity contribution is 14.1. The van der Waals surface area contributed by atoms with Crippen molar-refractivity contribution < 1.29 is 14.7 Å². The SMILES string of the molecule is C=CCN(CC(=O)O)CC(=O)Nc1c(I)cc(I)cc1I. The van der Waals surface area contributed by atoms with E-state index >= 15 is 0 Å². The number of nitrogens with zero attached hydrogens (tertiary/aromatic N) is 1. The zero-order valence-corrected chi connectivity index (χ0v) is 17.4. The Balaban J connectivity index is 2.76. The van der Waals surface area contributed by atoms with Crippen LogP contribution in [0.2, 0.25) is 0 Å². The first-order valence-electron chi connectivity index (χ1n) is 5.83. The Morgan fingerprint density at radius 3 is 2.29 bits per heavy atom. The number of carbonyl (C=O) groups excluding carboxylic acids is 1. The van der Waals surface area contributed by atoms with Gasteiger partial charge in [-0.15, -0.1) is 6.58 Å². The first-order chi connectivity index (χ1) is 9.83. The van der Waals surface area contributed by atoms with Gasteiger partial charge in [-0.25, -0.2) is 0 Å². The Hall–Kier alpha value is 0.0500. The number of amides is 1. The molecule has 2 N–H and O–H groups in total. The van der Waals surface area contributed by atoms with Crippen molar-refractivity contribution in [2.24, 2.45) is 0 Å². The van der Waals surface area contributed by atoms with Crippen molar-refractivity contribution in [3.05, 3.63) is 35.5 Å². The zero-order chi connectivity index (χ0) is 16.0. The molecule has 0 aliphatic carbocycles. The number of carbonyl (C=O) groups is 2. The van der Waals surface area contributed by atoms with Gasteiger partial charge >= 0.3 is 5.97 Å². The molecule has 0 unspecified atom stereocenters. The highest BCUT2D eigenvalue weighted by Gasteiger charge is 2.15. The average Bonchev–Trinajstić information content (AvgIpc) is 2.33. The molecule has 0 aliphatic rings. The van der Waals surface area contributed by atoms with Crippen LogP contribution in [0.25, 0.3) is 0 Å². The van der Waals surface area contributed by atoms with Gasteiger partial charge in [0.25, 0.3) is 0 Å². The maximum absolute atomic E-state index is 12.1. The molecule has 1 aromatic carbocycles. The summed E-state index contributed by atoms with van der Waals surface area (Å²) >= 11 is 6.55. The van der Waals surface area contributed by atoms with Crippen LogP contribution >= 0.6 is 67.8 Å². The minimum absolute atomic E-state index is 0.0104. The van der Waals surface area contributed by atoms with Crippen molar-refractivity contribution in [3.63, 3.8) is 0 Å². The Morgan fingerprint density at radius 1 is 1.24 bits per heavy atom. The summed E-state index contributed by atoms with van der Waals surface area (Å²) in [6.07, 6.45) is 1.58. The standard InChI is InChI=1S/C13H13I3N2O3/c1-2-3-18(7-12(20)21)6-11(19)17-13-9(15)4-8(14)5-10(13)16/h2,4-5H,1,3,6-7H2,(H,17,19)(H,20,21). The molecule has 0 aliphatic heterocycles. The lowest BCUT2D eigenvalue weighted by Crippen LogP contribution is -2.37. The normalized spacial score (nSPS) is 10.5. The van der Waals surface area contributed by atoms with Gasteiger partial charge in [0.1, 0.15) is 0 Å². The van der Waals surface area contributed by atoms with E-state index in [1.807, 2.05) is 12.1 Å². The number of hydrogen-bond donors (Lipinski definition) is 2. The van der Waals surface area contributed by atoms with Gasteiger partial charge in [0.05, 0.1) is 18.8 Å². The molecule has 5 nitrogen and oxygen atoms in total. The Bertz CT molecular complexity index is 541. The van der Waals surface area contributed by atoms with Crippen LogP contribution in [0.3, 0.4) is 0 Å². The number of benzene rings is 1. The molecule has 0 atom stereocenters. The number of halogens is 3. The summed E-state index contributed by atoms with van der Waals surface area (Å²) < 4.78 is 3.00. The van der Waals surface area contributed by atoms with E-state index in [0.717, 1.165) is 16.4 Å². The molecular formula is C13H13I3N2O3. The van der Waals surface area contributed by atoms with Gasteiger partial charge in [0.15, 0.2) is 0 Å². The lowest BCUT2D eigenvalue weighted by Gasteiger charge is -2.18. The summed E-state index contributed by atoms with van der Waals surface area (Å²) in [5.41, 5.74) is 0.760. The summed E-state index contributed by atoms with van der Waals surface area (Å²) in [7, 11) is 0. The fourth-order valence-electron chi connectivity index (χ4n) is 1.60. The monoisotopic (exact) mass is 626 g/mol. The molecule has 0 radical (unpaired) electrons. The maximum Gasteiger partial charge on any atom is 0.317 e. The Kier molecular flexibility index (Phi) is 8.41. The van der Waals surface area contributed by atoms with E-state index in [2.05, 4.69) is 79.7 Å². The predicted octanol–water partition coefficient (Wildman–Crippen LogP) is 3.01. The number of rotatable bonds is 7. The minimum atomic E-state index is -0.969. The second-order valence-corrected chi connectivity index (χ2v) is 7.71.